The van der Waals surface area contributed by atoms with Gasteiger partial charge in [0.1, 0.15) is 12.4 Å². The van der Waals surface area contributed by atoms with Gasteiger partial charge >= 0.3 is 6.09 Å². The predicted molar refractivity (Wildman–Crippen MR) is 93.3 cm³/mol. The fraction of sp³-hybridized carbons (Fsp3) is 0.316. The standard InChI is InChI=1S/C19H23NO4/c1-4-23-19(22)20-17-7-5-6-15(11-21)16(17)12-24-18-9-8-13(2)10-14(18)3/h5-10,21H,4,11-12H2,1-3H3,(H,20,22). The molecule has 5 nitrogen and oxygen atoms in total. The van der Waals surface area contributed by atoms with E-state index in [-0.39, 0.29) is 13.2 Å². The number of nitrogens with one attached hydrogen (secondary N) is 1. The van der Waals surface area contributed by atoms with Gasteiger partial charge in [-0.15, -0.1) is 0 Å². The summed E-state index contributed by atoms with van der Waals surface area (Å²) in [5, 5.41) is 12.3. The lowest BCUT2D eigenvalue weighted by molar-refractivity contribution is 0.168. The number of hydrogen-bond acceptors (Lipinski definition) is 4. The number of benzene rings is 2. The Morgan fingerprint density at radius 3 is 2.67 bits per heavy atom. The molecule has 24 heavy (non-hydrogen) atoms. The lowest BCUT2D eigenvalue weighted by atomic mass is 10.1. The Morgan fingerprint density at radius 1 is 1.21 bits per heavy atom. The van der Waals surface area contributed by atoms with Crippen LogP contribution in [0, 0.1) is 13.8 Å². The van der Waals surface area contributed by atoms with Crippen molar-refractivity contribution in [2.24, 2.45) is 0 Å². The van der Waals surface area contributed by atoms with Crippen molar-refractivity contribution in [3.8, 4) is 5.75 Å². The summed E-state index contributed by atoms with van der Waals surface area (Å²) < 4.78 is 10.8. The minimum absolute atomic E-state index is 0.135. The van der Waals surface area contributed by atoms with Crippen LogP contribution in [0.15, 0.2) is 36.4 Å². The van der Waals surface area contributed by atoms with Crippen molar-refractivity contribution < 1.29 is 19.4 Å². The van der Waals surface area contributed by atoms with E-state index in [4.69, 9.17) is 9.47 Å². The van der Waals surface area contributed by atoms with Crippen LogP contribution in [0.3, 0.4) is 0 Å². The van der Waals surface area contributed by atoms with E-state index in [9.17, 15) is 9.90 Å². The summed E-state index contributed by atoms with van der Waals surface area (Å²) in [4.78, 5) is 11.7. The second-order valence-electron chi connectivity index (χ2n) is 5.50. The molecule has 2 rings (SSSR count). The molecule has 2 aromatic rings. The van der Waals surface area contributed by atoms with Gasteiger partial charge in [0.15, 0.2) is 0 Å². The molecule has 0 aliphatic carbocycles. The number of rotatable bonds is 6. The lowest BCUT2D eigenvalue weighted by Crippen LogP contribution is -2.16. The Labute approximate surface area is 142 Å². The van der Waals surface area contributed by atoms with E-state index in [1.807, 2.05) is 32.0 Å². The molecular weight excluding hydrogens is 306 g/mol. The molecule has 0 aromatic heterocycles. The molecule has 0 aliphatic rings. The van der Waals surface area contributed by atoms with Crippen LogP contribution in [0.4, 0.5) is 10.5 Å². The highest BCUT2D eigenvalue weighted by Gasteiger charge is 2.12. The molecule has 0 radical (unpaired) electrons. The highest BCUT2D eigenvalue weighted by molar-refractivity contribution is 5.86. The van der Waals surface area contributed by atoms with Crippen LogP contribution in [0.1, 0.15) is 29.2 Å². The maximum absolute atomic E-state index is 11.7. The molecule has 0 spiro atoms. The van der Waals surface area contributed by atoms with Crippen LogP contribution in [0.25, 0.3) is 0 Å². The first-order valence-electron chi connectivity index (χ1n) is 7.90. The number of aliphatic hydroxyl groups is 1. The van der Waals surface area contributed by atoms with Gasteiger partial charge in [0.05, 0.1) is 18.9 Å². The average molecular weight is 329 g/mol. The van der Waals surface area contributed by atoms with Crippen molar-refractivity contribution in [3.63, 3.8) is 0 Å². The minimum Gasteiger partial charge on any atom is -0.489 e. The number of carbonyl (C=O) groups is 1. The summed E-state index contributed by atoms with van der Waals surface area (Å²) in [6, 6.07) is 11.3. The number of ether oxygens (including phenoxy) is 2. The van der Waals surface area contributed by atoms with Crippen LogP contribution in [0.2, 0.25) is 0 Å². The number of hydrogen-bond donors (Lipinski definition) is 2. The molecule has 2 aromatic carbocycles. The Balaban J connectivity index is 2.22. The molecular formula is C19H23NO4. The molecule has 0 saturated heterocycles. The van der Waals surface area contributed by atoms with E-state index >= 15 is 0 Å². The summed E-state index contributed by atoms with van der Waals surface area (Å²) in [7, 11) is 0. The number of aryl methyl sites for hydroxylation is 2. The Morgan fingerprint density at radius 2 is 2.00 bits per heavy atom. The van der Waals surface area contributed by atoms with Crippen molar-refractivity contribution in [1.82, 2.24) is 0 Å². The maximum Gasteiger partial charge on any atom is 0.411 e. The SMILES string of the molecule is CCOC(=O)Nc1cccc(CO)c1COc1ccc(C)cc1C. The summed E-state index contributed by atoms with van der Waals surface area (Å²) in [5.74, 6) is 0.774. The third-order valence-electron chi connectivity index (χ3n) is 3.66. The summed E-state index contributed by atoms with van der Waals surface area (Å²) in [5.41, 5.74) is 4.21. The van der Waals surface area contributed by atoms with E-state index in [1.54, 1.807) is 25.1 Å². The second-order valence-corrected chi connectivity index (χ2v) is 5.50. The van der Waals surface area contributed by atoms with E-state index in [0.717, 1.165) is 16.9 Å². The van der Waals surface area contributed by atoms with Gasteiger partial charge in [-0.05, 0) is 44.0 Å². The lowest BCUT2D eigenvalue weighted by Gasteiger charge is -2.16. The third kappa shape index (κ3) is 4.49. The molecule has 1 amide bonds. The van der Waals surface area contributed by atoms with E-state index in [1.165, 1.54) is 5.56 Å². The van der Waals surface area contributed by atoms with Crippen molar-refractivity contribution in [1.29, 1.82) is 0 Å². The molecule has 0 unspecified atom stereocenters. The molecule has 0 aliphatic heterocycles. The zero-order valence-electron chi connectivity index (χ0n) is 14.3. The Hall–Kier alpha value is -2.53. The van der Waals surface area contributed by atoms with Gasteiger partial charge in [-0.25, -0.2) is 4.79 Å². The van der Waals surface area contributed by atoms with Gasteiger partial charge < -0.3 is 14.6 Å². The molecule has 0 heterocycles. The van der Waals surface area contributed by atoms with Crippen LogP contribution >= 0.6 is 0 Å². The van der Waals surface area contributed by atoms with Gasteiger partial charge in [-0.3, -0.25) is 5.32 Å². The number of aliphatic hydroxyl groups excluding tert-OH is 1. The Bertz CT molecular complexity index is 713. The van der Waals surface area contributed by atoms with Gasteiger partial charge in [-0.2, -0.15) is 0 Å². The molecule has 0 atom stereocenters. The van der Waals surface area contributed by atoms with E-state index in [0.29, 0.717) is 17.9 Å². The summed E-state index contributed by atoms with van der Waals surface area (Å²) >= 11 is 0. The number of amides is 1. The first-order valence-corrected chi connectivity index (χ1v) is 7.90. The molecule has 2 N–H and O–H groups in total. The molecule has 0 saturated carbocycles. The molecule has 5 heteroatoms. The van der Waals surface area contributed by atoms with Crippen molar-refractivity contribution in [2.45, 2.75) is 34.0 Å². The zero-order chi connectivity index (χ0) is 17.5. The van der Waals surface area contributed by atoms with Crippen LogP contribution in [-0.4, -0.2) is 17.8 Å². The molecule has 128 valence electrons. The van der Waals surface area contributed by atoms with Crippen molar-refractivity contribution in [2.75, 3.05) is 11.9 Å². The Kier molecular flexibility index (Phi) is 6.21. The topological polar surface area (TPSA) is 67.8 Å². The highest BCUT2D eigenvalue weighted by atomic mass is 16.5. The van der Waals surface area contributed by atoms with Gasteiger partial charge in [0.25, 0.3) is 0 Å². The van der Waals surface area contributed by atoms with Crippen molar-refractivity contribution >= 4 is 11.8 Å². The summed E-state index contributed by atoms with van der Waals surface area (Å²) in [6.07, 6.45) is -0.527. The quantitative estimate of drug-likeness (QED) is 0.842. The van der Waals surface area contributed by atoms with Crippen molar-refractivity contribution in [3.05, 3.63) is 58.7 Å². The van der Waals surface area contributed by atoms with Gasteiger partial charge in [0.2, 0.25) is 0 Å². The fourth-order valence-electron chi connectivity index (χ4n) is 2.46. The van der Waals surface area contributed by atoms with Gasteiger partial charge in [0, 0.05) is 5.56 Å². The third-order valence-corrected chi connectivity index (χ3v) is 3.66. The van der Waals surface area contributed by atoms with Crippen LogP contribution in [0.5, 0.6) is 5.75 Å². The highest BCUT2D eigenvalue weighted by Crippen LogP contribution is 2.25. The first kappa shape index (κ1) is 17.8. The predicted octanol–water partition coefficient (Wildman–Crippen LogP) is 3.94. The van der Waals surface area contributed by atoms with E-state index in [2.05, 4.69) is 5.32 Å². The van der Waals surface area contributed by atoms with Crippen LogP contribution < -0.4 is 10.1 Å². The molecule has 0 bridgehead atoms. The van der Waals surface area contributed by atoms with E-state index < -0.39 is 6.09 Å². The second kappa shape index (κ2) is 8.36. The zero-order valence-corrected chi connectivity index (χ0v) is 14.3. The summed E-state index contributed by atoms with van der Waals surface area (Å²) in [6.45, 7) is 6.15. The number of anilines is 1. The smallest absolute Gasteiger partial charge is 0.411 e. The molecule has 0 fully saturated rings. The number of carbonyl (C=O) groups excluding carboxylic acids is 1. The van der Waals surface area contributed by atoms with Gasteiger partial charge in [-0.1, -0.05) is 29.8 Å². The largest absolute Gasteiger partial charge is 0.489 e. The first-order chi connectivity index (χ1) is 11.5. The average Bonchev–Trinajstić information content (AvgIpc) is 2.55. The maximum atomic E-state index is 11.7. The van der Waals surface area contributed by atoms with Crippen LogP contribution in [-0.2, 0) is 18.0 Å². The monoisotopic (exact) mass is 329 g/mol. The fourth-order valence-corrected chi connectivity index (χ4v) is 2.46. The minimum atomic E-state index is -0.527. The normalized spacial score (nSPS) is 10.3.